The maximum absolute atomic E-state index is 11.0. The Morgan fingerprint density at radius 1 is 1.54 bits per heavy atom. The molecule has 0 aromatic heterocycles. The molecule has 13 heavy (non-hydrogen) atoms. The molecule has 0 spiro atoms. The highest BCUT2D eigenvalue weighted by molar-refractivity contribution is 5.87. The highest BCUT2D eigenvalue weighted by Gasteiger charge is 2.50. The number of rotatable bonds is 3. The Morgan fingerprint density at radius 2 is 2.15 bits per heavy atom. The van der Waals surface area contributed by atoms with Gasteiger partial charge in [0.1, 0.15) is 0 Å². The van der Waals surface area contributed by atoms with Crippen molar-refractivity contribution in [2.75, 3.05) is 0 Å². The van der Waals surface area contributed by atoms with Crippen LogP contribution in [0.25, 0.3) is 0 Å². The maximum atomic E-state index is 11.0. The van der Waals surface area contributed by atoms with Crippen LogP contribution in [0.4, 0.5) is 0 Å². The zero-order valence-electron chi connectivity index (χ0n) is 8.18. The van der Waals surface area contributed by atoms with E-state index in [1.54, 1.807) is 0 Å². The highest BCUT2D eigenvalue weighted by Crippen LogP contribution is 2.56. The fraction of sp³-hybridized carbons (Fsp3) is 0.727. The summed E-state index contributed by atoms with van der Waals surface area (Å²) in [5.41, 5.74) is 0.541. The summed E-state index contributed by atoms with van der Waals surface area (Å²) in [7, 11) is 0. The van der Waals surface area contributed by atoms with Crippen molar-refractivity contribution in [1.82, 2.24) is 5.32 Å². The second-order valence-electron chi connectivity index (χ2n) is 4.75. The molecule has 0 saturated heterocycles. The second-order valence-corrected chi connectivity index (χ2v) is 4.75. The van der Waals surface area contributed by atoms with Gasteiger partial charge >= 0.3 is 0 Å². The molecule has 2 nitrogen and oxygen atoms in total. The molecule has 1 amide bonds. The van der Waals surface area contributed by atoms with Crippen molar-refractivity contribution in [1.29, 1.82) is 0 Å². The predicted molar refractivity (Wildman–Crippen MR) is 52.2 cm³/mol. The molecule has 0 bridgehead atoms. The molecular formula is C11H17NO. The molecule has 2 heteroatoms. The minimum Gasteiger partial charge on any atom is -0.350 e. The number of carbonyl (C=O) groups excluding carboxylic acids is 1. The Labute approximate surface area is 79.4 Å². The normalized spacial score (nSPS) is 37.8. The number of hydrogen-bond donors (Lipinski definition) is 1. The van der Waals surface area contributed by atoms with Crippen LogP contribution in [0.3, 0.4) is 0 Å². The number of hydrogen-bond acceptors (Lipinski definition) is 1. The first-order valence-electron chi connectivity index (χ1n) is 5.07. The van der Waals surface area contributed by atoms with Gasteiger partial charge in [-0.25, -0.2) is 0 Å². The van der Waals surface area contributed by atoms with Gasteiger partial charge in [0.05, 0.1) is 0 Å². The van der Waals surface area contributed by atoms with Gasteiger partial charge in [0.2, 0.25) is 5.91 Å². The smallest absolute Gasteiger partial charge is 0.243 e. The Morgan fingerprint density at radius 3 is 2.62 bits per heavy atom. The van der Waals surface area contributed by atoms with E-state index in [-0.39, 0.29) is 5.91 Å². The number of amides is 1. The van der Waals surface area contributed by atoms with Gasteiger partial charge in [0.15, 0.2) is 0 Å². The van der Waals surface area contributed by atoms with E-state index in [4.69, 9.17) is 0 Å². The Hall–Kier alpha value is -0.790. The third-order valence-electron chi connectivity index (χ3n) is 3.52. The van der Waals surface area contributed by atoms with Gasteiger partial charge < -0.3 is 5.32 Å². The summed E-state index contributed by atoms with van der Waals surface area (Å²) in [6.07, 6.45) is 6.48. The zero-order chi connectivity index (χ0) is 9.47. The fourth-order valence-electron chi connectivity index (χ4n) is 2.54. The maximum Gasteiger partial charge on any atom is 0.243 e. The van der Waals surface area contributed by atoms with E-state index in [0.717, 1.165) is 18.8 Å². The van der Waals surface area contributed by atoms with E-state index in [2.05, 4.69) is 18.8 Å². The first-order valence-corrected chi connectivity index (χ1v) is 5.07. The van der Waals surface area contributed by atoms with Crippen molar-refractivity contribution >= 4 is 5.91 Å². The molecule has 0 atom stereocenters. The molecule has 1 N–H and O–H groups in total. The SMILES string of the molecule is C=CC(=O)NC1CC(C)(C2CC2)C1. The van der Waals surface area contributed by atoms with Gasteiger partial charge in [-0.15, -0.1) is 0 Å². The van der Waals surface area contributed by atoms with Crippen molar-refractivity contribution in [3.63, 3.8) is 0 Å². The third-order valence-corrected chi connectivity index (χ3v) is 3.52. The van der Waals surface area contributed by atoms with Gasteiger partial charge in [0.25, 0.3) is 0 Å². The molecule has 2 saturated carbocycles. The van der Waals surface area contributed by atoms with E-state index in [9.17, 15) is 4.79 Å². The first kappa shape index (κ1) is 8.79. The minimum atomic E-state index is -0.0251. The van der Waals surface area contributed by atoms with E-state index < -0.39 is 0 Å². The van der Waals surface area contributed by atoms with Gasteiger partial charge in [-0.3, -0.25) is 4.79 Å². The number of nitrogens with one attached hydrogen (secondary N) is 1. The summed E-state index contributed by atoms with van der Waals surface area (Å²) in [5.74, 6) is 0.923. The van der Waals surface area contributed by atoms with Crippen molar-refractivity contribution in [3.05, 3.63) is 12.7 Å². The lowest BCUT2D eigenvalue weighted by molar-refractivity contribution is -0.118. The predicted octanol–water partition coefficient (Wildman–Crippen LogP) is 1.87. The summed E-state index contributed by atoms with van der Waals surface area (Å²) >= 11 is 0. The molecule has 0 aromatic rings. The van der Waals surface area contributed by atoms with Gasteiger partial charge in [-0.05, 0) is 43.1 Å². The monoisotopic (exact) mass is 179 g/mol. The van der Waals surface area contributed by atoms with E-state index in [1.165, 1.54) is 18.9 Å². The van der Waals surface area contributed by atoms with Crippen LogP contribution in [0.5, 0.6) is 0 Å². The lowest BCUT2D eigenvalue weighted by Gasteiger charge is -2.46. The minimum absolute atomic E-state index is 0.0251. The van der Waals surface area contributed by atoms with Crippen LogP contribution in [0, 0.1) is 11.3 Å². The molecule has 0 aromatic carbocycles. The van der Waals surface area contributed by atoms with E-state index >= 15 is 0 Å². The molecule has 0 heterocycles. The van der Waals surface area contributed by atoms with Crippen molar-refractivity contribution < 1.29 is 4.79 Å². The molecule has 0 unspecified atom stereocenters. The zero-order valence-corrected chi connectivity index (χ0v) is 8.18. The molecule has 2 fully saturated rings. The van der Waals surface area contributed by atoms with Crippen LogP contribution in [-0.2, 0) is 4.79 Å². The average Bonchev–Trinajstić information content (AvgIpc) is 2.83. The Kier molecular flexibility index (Phi) is 1.94. The van der Waals surface area contributed by atoms with Crippen molar-refractivity contribution in [2.45, 2.75) is 38.6 Å². The van der Waals surface area contributed by atoms with Crippen LogP contribution >= 0.6 is 0 Å². The molecule has 0 radical (unpaired) electrons. The molecular weight excluding hydrogens is 162 g/mol. The van der Waals surface area contributed by atoms with Gasteiger partial charge in [0, 0.05) is 6.04 Å². The summed E-state index contributed by atoms with van der Waals surface area (Å²) in [6.45, 7) is 5.79. The summed E-state index contributed by atoms with van der Waals surface area (Å²) in [4.78, 5) is 11.0. The fourth-order valence-corrected chi connectivity index (χ4v) is 2.54. The lowest BCUT2D eigenvalue weighted by Crippen LogP contribution is -2.50. The molecule has 72 valence electrons. The van der Waals surface area contributed by atoms with Crippen LogP contribution in [0.15, 0.2) is 12.7 Å². The van der Waals surface area contributed by atoms with Gasteiger partial charge in [-0.1, -0.05) is 13.5 Å². The highest BCUT2D eigenvalue weighted by atomic mass is 16.1. The first-order chi connectivity index (χ1) is 6.14. The van der Waals surface area contributed by atoms with Crippen LogP contribution in [-0.4, -0.2) is 11.9 Å². The molecule has 2 rings (SSSR count). The standard InChI is InChI=1S/C11H17NO/c1-3-10(13)12-9-6-11(2,7-9)8-4-5-8/h3,8-9H,1,4-7H2,2H3,(H,12,13). The number of carbonyl (C=O) groups is 1. The third kappa shape index (κ3) is 1.62. The molecule has 2 aliphatic rings. The summed E-state index contributed by atoms with van der Waals surface area (Å²) in [6, 6.07) is 0.413. The van der Waals surface area contributed by atoms with Crippen LogP contribution < -0.4 is 5.32 Å². The second kappa shape index (κ2) is 2.86. The Bertz CT molecular complexity index is 236. The van der Waals surface area contributed by atoms with Crippen LogP contribution in [0.2, 0.25) is 0 Å². The Balaban J connectivity index is 1.77. The summed E-state index contributed by atoms with van der Waals surface area (Å²) < 4.78 is 0. The topological polar surface area (TPSA) is 29.1 Å². The van der Waals surface area contributed by atoms with Crippen LogP contribution in [0.1, 0.15) is 32.6 Å². The molecule has 2 aliphatic carbocycles. The van der Waals surface area contributed by atoms with E-state index in [1.807, 2.05) is 0 Å². The largest absolute Gasteiger partial charge is 0.350 e. The van der Waals surface area contributed by atoms with Gasteiger partial charge in [-0.2, -0.15) is 0 Å². The summed E-state index contributed by atoms with van der Waals surface area (Å²) in [5, 5.41) is 2.95. The van der Waals surface area contributed by atoms with Crippen molar-refractivity contribution in [2.24, 2.45) is 11.3 Å². The molecule has 0 aliphatic heterocycles. The quantitative estimate of drug-likeness (QED) is 0.658. The van der Waals surface area contributed by atoms with E-state index in [0.29, 0.717) is 11.5 Å². The van der Waals surface area contributed by atoms with Crippen molar-refractivity contribution in [3.8, 4) is 0 Å². The average molecular weight is 179 g/mol. The lowest BCUT2D eigenvalue weighted by atomic mass is 9.64.